The molecule has 7 heteroatoms. The first-order valence-corrected chi connectivity index (χ1v) is 8.00. The third-order valence-electron chi connectivity index (χ3n) is 3.18. The van der Waals surface area contributed by atoms with Gasteiger partial charge in [0.1, 0.15) is 10.7 Å². The van der Waals surface area contributed by atoms with Crippen LogP contribution in [0.5, 0.6) is 0 Å². The molecule has 0 amide bonds. The SMILES string of the molecule is CNCc1ccc(S(=O)(=O)N2CCCOCC2)c(F)c1. The van der Waals surface area contributed by atoms with Crippen molar-refractivity contribution in [3.63, 3.8) is 0 Å². The summed E-state index contributed by atoms with van der Waals surface area (Å²) in [5.41, 5.74) is 0.711. The minimum absolute atomic E-state index is 0.264. The molecule has 0 unspecified atom stereocenters. The van der Waals surface area contributed by atoms with Gasteiger partial charge in [-0.1, -0.05) is 6.07 Å². The molecule has 1 N–H and O–H groups in total. The summed E-state index contributed by atoms with van der Waals surface area (Å²) >= 11 is 0. The topological polar surface area (TPSA) is 58.6 Å². The lowest BCUT2D eigenvalue weighted by Gasteiger charge is -2.19. The predicted molar refractivity (Wildman–Crippen MR) is 73.4 cm³/mol. The second-order valence-electron chi connectivity index (χ2n) is 4.67. The number of sulfonamides is 1. The van der Waals surface area contributed by atoms with Gasteiger partial charge in [-0.25, -0.2) is 12.8 Å². The van der Waals surface area contributed by atoms with Crippen molar-refractivity contribution in [2.75, 3.05) is 33.4 Å². The van der Waals surface area contributed by atoms with E-state index in [0.717, 1.165) is 0 Å². The van der Waals surface area contributed by atoms with Crippen LogP contribution in [0.4, 0.5) is 4.39 Å². The molecule has 1 aromatic carbocycles. The summed E-state index contributed by atoms with van der Waals surface area (Å²) in [6.07, 6.45) is 0.624. The molecular formula is C13H19FN2O3S. The molecule has 5 nitrogen and oxygen atoms in total. The van der Waals surface area contributed by atoms with Gasteiger partial charge in [0.25, 0.3) is 0 Å². The van der Waals surface area contributed by atoms with E-state index in [-0.39, 0.29) is 11.4 Å². The Hall–Kier alpha value is -1.02. The number of halogens is 1. The molecule has 0 saturated carbocycles. The minimum Gasteiger partial charge on any atom is -0.380 e. The Morgan fingerprint density at radius 2 is 2.15 bits per heavy atom. The average Bonchev–Trinajstić information content (AvgIpc) is 2.68. The summed E-state index contributed by atoms with van der Waals surface area (Å²) in [4.78, 5) is -0.265. The molecule has 1 heterocycles. The van der Waals surface area contributed by atoms with Gasteiger partial charge < -0.3 is 10.1 Å². The molecule has 0 aliphatic carbocycles. The Morgan fingerprint density at radius 1 is 1.35 bits per heavy atom. The van der Waals surface area contributed by atoms with Crippen molar-refractivity contribution in [2.24, 2.45) is 0 Å². The first kappa shape index (κ1) is 15.4. The van der Waals surface area contributed by atoms with E-state index in [9.17, 15) is 12.8 Å². The Labute approximate surface area is 118 Å². The molecule has 0 aromatic heterocycles. The largest absolute Gasteiger partial charge is 0.380 e. The number of nitrogens with zero attached hydrogens (tertiary/aromatic N) is 1. The molecule has 20 heavy (non-hydrogen) atoms. The van der Waals surface area contributed by atoms with Gasteiger partial charge in [0.15, 0.2) is 0 Å². The highest BCUT2D eigenvalue weighted by Crippen LogP contribution is 2.21. The third kappa shape index (κ3) is 3.35. The lowest BCUT2D eigenvalue weighted by molar-refractivity contribution is 0.148. The number of hydrogen-bond donors (Lipinski definition) is 1. The van der Waals surface area contributed by atoms with Crippen molar-refractivity contribution in [2.45, 2.75) is 17.9 Å². The second kappa shape index (κ2) is 6.62. The van der Waals surface area contributed by atoms with E-state index >= 15 is 0 Å². The molecule has 1 saturated heterocycles. The maximum Gasteiger partial charge on any atom is 0.246 e. The Kier molecular flexibility index (Phi) is 5.09. The summed E-state index contributed by atoms with van der Waals surface area (Å²) in [5, 5.41) is 2.90. The van der Waals surface area contributed by atoms with E-state index < -0.39 is 15.8 Å². The van der Waals surface area contributed by atoms with Crippen LogP contribution in [0.2, 0.25) is 0 Å². The number of nitrogens with one attached hydrogen (secondary N) is 1. The zero-order valence-electron chi connectivity index (χ0n) is 11.4. The molecule has 1 aliphatic rings. The predicted octanol–water partition coefficient (Wildman–Crippen LogP) is 0.956. The number of ether oxygens (including phenoxy) is 1. The Bertz CT molecular complexity index is 555. The first-order valence-electron chi connectivity index (χ1n) is 6.56. The lowest BCUT2D eigenvalue weighted by Crippen LogP contribution is -2.33. The van der Waals surface area contributed by atoms with Crippen LogP contribution in [0.1, 0.15) is 12.0 Å². The van der Waals surface area contributed by atoms with E-state index in [1.165, 1.54) is 16.4 Å². The molecule has 1 aliphatic heterocycles. The van der Waals surface area contributed by atoms with Crippen LogP contribution in [0.3, 0.4) is 0 Å². The van der Waals surface area contributed by atoms with Crippen molar-refractivity contribution >= 4 is 10.0 Å². The smallest absolute Gasteiger partial charge is 0.246 e. The van der Waals surface area contributed by atoms with E-state index in [4.69, 9.17) is 4.74 Å². The van der Waals surface area contributed by atoms with Gasteiger partial charge in [-0.05, 0) is 31.2 Å². The molecule has 2 rings (SSSR count). The van der Waals surface area contributed by atoms with Crippen LogP contribution in [0.15, 0.2) is 23.1 Å². The van der Waals surface area contributed by atoms with Crippen molar-refractivity contribution < 1.29 is 17.5 Å². The zero-order valence-corrected chi connectivity index (χ0v) is 12.2. The van der Waals surface area contributed by atoms with Crippen LogP contribution in [0, 0.1) is 5.82 Å². The van der Waals surface area contributed by atoms with Gasteiger partial charge in [0, 0.05) is 26.2 Å². The summed E-state index contributed by atoms with van der Waals surface area (Å²) in [7, 11) is -2.04. The quantitative estimate of drug-likeness (QED) is 0.900. The van der Waals surface area contributed by atoms with Gasteiger partial charge in [0.2, 0.25) is 10.0 Å². The second-order valence-corrected chi connectivity index (χ2v) is 6.57. The molecule has 0 atom stereocenters. The maximum absolute atomic E-state index is 14.1. The fourth-order valence-electron chi connectivity index (χ4n) is 2.17. The van der Waals surface area contributed by atoms with Crippen molar-refractivity contribution in [1.29, 1.82) is 0 Å². The summed E-state index contributed by atoms with van der Waals surface area (Å²) in [5.74, 6) is -0.706. The molecule has 112 valence electrons. The van der Waals surface area contributed by atoms with E-state index in [1.807, 2.05) is 0 Å². The van der Waals surface area contributed by atoms with Crippen molar-refractivity contribution in [3.8, 4) is 0 Å². The highest BCUT2D eigenvalue weighted by Gasteiger charge is 2.28. The van der Waals surface area contributed by atoms with Crippen molar-refractivity contribution in [1.82, 2.24) is 9.62 Å². The normalized spacial score (nSPS) is 17.9. The fraction of sp³-hybridized carbons (Fsp3) is 0.538. The van der Waals surface area contributed by atoms with Gasteiger partial charge in [-0.2, -0.15) is 4.31 Å². The summed E-state index contributed by atoms with van der Waals surface area (Å²) < 4.78 is 45.5. The fourth-order valence-corrected chi connectivity index (χ4v) is 3.68. The van der Waals surface area contributed by atoms with Crippen LogP contribution in [-0.2, 0) is 21.3 Å². The van der Waals surface area contributed by atoms with Crippen LogP contribution >= 0.6 is 0 Å². The Balaban J connectivity index is 2.28. The highest BCUT2D eigenvalue weighted by atomic mass is 32.2. The third-order valence-corrected chi connectivity index (χ3v) is 5.11. The average molecular weight is 302 g/mol. The first-order chi connectivity index (χ1) is 9.55. The molecule has 1 aromatic rings. The molecule has 1 fully saturated rings. The summed E-state index contributed by atoms with van der Waals surface area (Å²) in [6.45, 7) is 2.00. The monoisotopic (exact) mass is 302 g/mol. The van der Waals surface area contributed by atoms with E-state index in [0.29, 0.717) is 38.3 Å². The molecule has 0 radical (unpaired) electrons. The van der Waals surface area contributed by atoms with Gasteiger partial charge in [0.05, 0.1) is 6.61 Å². The van der Waals surface area contributed by atoms with Crippen molar-refractivity contribution in [3.05, 3.63) is 29.6 Å². The summed E-state index contributed by atoms with van der Waals surface area (Å²) in [6, 6.07) is 4.22. The van der Waals surface area contributed by atoms with Crippen LogP contribution in [0.25, 0.3) is 0 Å². The van der Waals surface area contributed by atoms with Crippen LogP contribution < -0.4 is 5.32 Å². The number of benzene rings is 1. The number of rotatable bonds is 4. The highest BCUT2D eigenvalue weighted by molar-refractivity contribution is 7.89. The maximum atomic E-state index is 14.1. The Morgan fingerprint density at radius 3 is 2.85 bits per heavy atom. The van der Waals surface area contributed by atoms with Gasteiger partial charge >= 0.3 is 0 Å². The van der Waals surface area contributed by atoms with E-state index in [1.54, 1.807) is 13.1 Å². The molecule has 0 spiro atoms. The number of hydrogen-bond acceptors (Lipinski definition) is 4. The standard InChI is InChI=1S/C13H19FN2O3S/c1-15-10-11-3-4-13(12(14)9-11)20(17,18)16-5-2-7-19-8-6-16/h3-4,9,15H,2,5-8,10H2,1H3. The lowest BCUT2D eigenvalue weighted by atomic mass is 10.2. The van der Waals surface area contributed by atoms with E-state index in [2.05, 4.69) is 5.32 Å². The van der Waals surface area contributed by atoms with Gasteiger partial charge in [-0.15, -0.1) is 0 Å². The minimum atomic E-state index is -3.79. The zero-order chi connectivity index (χ0) is 14.6. The molecule has 0 bridgehead atoms. The van der Waals surface area contributed by atoms with Crippen LogP contribution in [-0.4, -0.2) is 46.1 Å². The van der Waals surface area contributed by atoms with Gasteiger partial charge in [-0.3, -0.25) is 0 Å². The molecular weight excluding hydrogens is 283 g/mol.